The number of nitrogens with one attached hydrogen (secondary N) is 1. The molecule has 0 spiro atoms. The largest absolute Gasteiger partial charge is 0.461 e. The summed E-state index contributed by atoms with van der Waals surface area (Å²) < 4.78 is 19.4. The maximum atomic E-state index is 14.5. The predicted octanol–water partition coefficient (Wildman–Crippen LogP) is 5.38. The van der Waals surface area contributed by atoms with E-state index in [2.05, 4.69) is 11.9 Å². The smallest absolute Gasteiger partial charge is 0.357 e. The molecule has 26 heavy (non-hydrogen) atoms. The molecule has 0 radical (unpaired) electrons. The van der Waals surface area contributed by atoms with Crippen LogP contribution in [0.4, 0.5) is 4.39 Å². The number of esters is 1. The number of allylic oxidation sites excluding steroid dienone is 1. The SMILES string of the molecule is CCCCCCCCC1(O)CC=C(c2c[nH]c(C(=O)OCC)c2F)CC1. The number of hydrogen-bond acceptors (Lipinski definition) is 3. The van der Waals surface area contributed by atoms with E-state index in [0.29, 0.717) is 24.8 Å². The maximum absolute atomic E-state index is 14.5. The number of aromatic nitrogens is 1. The molecule has 0 bridgehead atoms. The van der Waals surface area contributed by atoms with Crippen LogP contribution in [0.1, 0.15) is 94.1 Å². The number of carbonyl (C=O) groups is 1. The van der Waals surface area contributed by atoms with Gasteiger partial charge >= 0.3 is 5.97 Å². The van der Waals surface area contributed by atoms with Crippen LogP contribution in [-0.4, -0.2) is 28.3 Å². The molecule has 1 aromatic heterocycles. The third kappa shape index (κ3) is 5.44. The molecule has 1 aromatic rings. The van der Waals surface area contributed by atoms with Gasteiger partial charge in [-0.2, -0.15) is 0 Å². The Balaban J connectivity index is 1.89. The van der Waals surface area contributed by atoms with E-state index >= 15 is 0 Å². The summed E-state index contributed by atoms with van der Waals surface area (Å²) in [6.07, 6.45) is 13.2. The van der Waals surface area contributed by atoms with Crippen molar-refractivity contribution in [3.05, 3.63) is 29.3 Å². The monoisotopic (exact) mass is 365 g/mol. The van der Waals surface area contributed by atoms with Crippen molar-refractivity contribution in [3.63, 3.8) is 0 Å². The zero-order valence-corrected chi connectivity index (χ0v) is 16.1. The second-order valence-corrected chi connectivity index (χ2v) is 7.29. The highest BCUT2D eigenvalue weighted by Crippen LogP contribution is 2.37. The first-order chi connectivity index (χ1) is 12.5. The van der Waals surface area contributed by atoms with E-state index in [1.165, 1.54) is 31.9 Å². The van der Waals surface area contributed by atoms with Gasteiger partial charge in [0.15, 0.2) is 11.5 Å². The van der Waals surface area contributed by atoms with Crippen LogP contribution in [0.3, 0.4) is 0 Å². The number of H-pyrrole nitrogens is 1. The van der Waals surface area contributed by atoms with Gasteiger partial charge in [0.2, 0.25) is 0 Å². The average molecular weight is 365 g/mol. The van der Waals surface area contributed by atoms with Gasteiger partial charge in [0, 0.05) is 11.8 Å². The molecule has 0 saturated carbocycles. The summed E-state index contributed by atoms with van der Waals surface area (Å²) in [5.41, 5.74) is 0.456. The Morgan fingerprint density at radius 2 is 2.00 bits per heavy atom. The molecular weight excluding hydrogens is 333 g/mol. The molecule has 1 aliphatic rings. The second-order valence-electron chi connectivity index (χ2n) is 7.29. The van der Waals surface area contributed by atoms with Crippen molar-refractivity contribution in [1.29, 1.82) is 0 Å². The lowest BCUT2D eigenvalue weighted by Gasteiger charge is -2.31. The molecule has 0 aliphatic heterocycles. The Bertz CT molecular complexity index is 623. The van der Waals surface area contributed by atoms with Crippen molar-refractivity contribution in [2.45, 2.75) is 83.7 Å². The Kier molecular flexibility index (Phi) is 7.88. The van der Waals surface area contributed by atoms with Crippen molar-refractivity contribution in [2.24, 2.45) is 0 Å². The number of aliphatic hydroxyl groups is 1. The van der Waals surface area contributed by atoms with E-state index in [-0.39, 0.29) is 12.3 Å². The minimum absolute atomic E-state index is 0.129. The Labute approximate surface area is 155 Å². The van der Waals surface area contributed by atoms with Crippen LogP contribution in [0.15, 0.2) is 12.3 Å². The first kappa shape index (κ1) is 20.7. The second kappa shape index (κ2) is 9.91. The van der Waals surface area contributed by atoms with Gasteiger partial charge in [-0.1, -0.05) is 51.5 Å². The van der Waals surface area contributed by atoms with Crippen LogP contribution in [0.2, 0.25) is 0 Å². The zero-order chi connectivity index (χ0) is 19.0. The summed E-state index contributed by atoms with van der Waals surface area (Å²) in [6, 6.07) is 0. The normalized spacial score (nSPS) is 20.1. The number of aromatic amines is 1. The predicted molar refractivity (Wildman–Crippen MR) is 101 cm³/mol. The van der Waals surface area contributed by atoms with Gasteiger partial charge in [-0.05, 0) is 38.2 Å². The molecule has 0 amide bonds. The molecule has 5 heteroatoms. The van der Waals surface area contributed by atoms with Crippen LogP contribution >= 0.6 is 0 Å². The quantitative estimate of drug-likeness (QED) is 0.432. The molecule has 1 aliphatic carbocycles. The van der Waals surface area contributed by atoms with Crippen LogP contribution in [0.5, 0.6) is 0 Å². The van der Waals surface area contributed by atoms with Crippen LogP contribution in [-0.2, 0) is 4.74 Å². The molecule has 0 saturated heterocycles. The average Bonchev–Trinajstić information content (AvgIpc) is 3.00. The van der Waals surface area contributed by atoms with E-state index in [9.17, 15) is 14.3 Å². The fourth-order valence-corrected chi connectivity index (χ4v) is 3.58. The number of unbranched alkanes of at least 4 members (excludes halogenated alkanes) is 5. The maximum Gasteiger partial charge on any atom is 0.357 e. The standard InChI is InChI=1S/C21H32FNO3/c1-3-5-6-7-8-9-12-21(25)13-10-16(11-14-21)17-15-23-19(18(17)22)20(24)26-4-2/h10,15,23,25H,3-9,11-14H2,1-2H3. The summed E-state index contributed by atoms with van der Waals surface area (Å²) in [5.74, 6) is -1.23. The van der Waals surface area contributed by atoms with Gasteiger partial charge in [0.25, 0.3) is 0 Å². The van der Waals surface area contributed by atoms with E-state index in [1.807, 2.05) is 6.08 Å². The lowest BCUT2D eigenvalue weighted by Crippen LogP contribution is -2.30. The van der Waals surface area contributed by atoms with Crippen LogP contribution in [0.25, 0.3) is 5.57 Å². The Hall–Kier alpha value is -1.62. The molecule has 4 nitrogen and oxygen atoms in total. The zero-order valence-electron chi connectivity index (χ0n) is 16.1. The topological polar surface area (TPSA) is 62.3 Å². The molecule has 1 heterocycles. The third-order valence-electron chi connectivity index (χ3n) is 5.23. The molecule has 2 N–H and O–H groups in total. The summed E-state index contributed by atoms with van der Waals surface area (Å²) in [5, 5.41) is 10.8. The Morgan fingerprint density at radius 3 is 2.65 bits per heavy atom. The summed E-state index contributed by atoms with van der Waals surface area (Å²) in [4.78, 5) is 14.4. The van der Waals surface area contributed by atoms with E-state index in [4.69, 9.17) is 4.74 Å². The molecule has 2 rings (SSSR count). The van der Waals surface area contributed by atoms with E-state index < -0.39 is 17.4 Å². The van der Waals surface area contributed by atoms with Gasteiger partial charge in [0.1, 0.15) is 0 Å². The molecular formula is C21H32FNO3. The Morgan fingerprint density at radius 1 is 1.27 bits per heavy atom. The van der Waals surface area contributed by atoms with Gasteiger partial charge in [-0.25, -0.2) is 9.18 Å². The van der Waals surface area contributed by atoms with Crippen molar-refractivity contribution in [2.75, 3.05) is 6.61 Å². The fraction of sp³-hybridized carbons (Fsp3) is 0.667. The minimum atomic E-state index is -0.676. The lowest BCUT2D eigenvalue weighted by molar-refractivity contribution is 0.0214. The van der Waals surface area contributed by atoms with Crippen LogP contribution < -0.4 is 0 Å². The summed E-state index contributed by atoms with van der Waals surface area (Å²) >= 11 is 0. The molecule has 0 fully saturated rings. The first-order valence-corrected chi connectivity index (χ1v) is 9.96. The highest BCUT2D eigenvalue weighted by molar-refractivity contribution is 5.89. The number of ether oxygens (including phenoxy) is 1. The number of carbonyl (C=O) groups excluding carboxylic acids is 1. The summed E-state index contributed by atoms with van der Waals surface area (Å²) in [7, 11) is 0. The van der Waals surface area contributed by atoms with E-state index in [1.54, 1.807) is 6.92 Å². The molecule has 146 valence electrons. The van der Waals surface area contributed by atoms with Gasteiger partial charge in [-0.3, -0.25) is 0 Å². The van der Waals surface area contributed by atoms with Crippen molar-refractivity contribution >= 4 is 11.5 Å². The van der Waals surface area contributed by atoms with Gasteiger partial charge in [-0.15, -0.1) is 0 Å². The molecule has 1 unspecified atom stereocenters. The number of halogens is 1. The first-order valence-electron chi connectivity index (χ1n) is 9.96. The third-order valence-corrected chi connectivity index (χ3v) is 5.23. The number of hydrogen-bond donors (Lipinski definition) is 2. The van der Waals surface area contributed by atoms with E-state index in [0.717, 1.165) is 24.8 Å². The fourth-order valence-electron chi connectivity index (χ4n) is 3.58. The van der Waals surface area contributed by atoms with Crippen molar-refractivity contribution in [3.8, 4) is 0 Å². The minimum Gasteiger partial charge on any atom is -0.461 e. The van der Waals surface area contributed by atoms with Crippen molar-refractivity contribution < 1.29 is 19.0 Å². The van der Waals surface area contributed by atoms with Crippen molar-refractivity contribution in [1.82, 2.24) is 4.98 Å². The lowest BCUT2D eigenvalue weighted by atomic mass is 9.80. The highest BCUT2D eigenvalue weighted by Gasteiger charge is 2.30. The number of rotatable bonds is 10. The van der Waals surface area contributed by atoms with Gasteiger partial charge < -0.3 is 14.8 Å². The van der Waals surface area contributed by atoms with Crippen LogP contribution in [0, 0.1) is 5.82 Å². The molecule has 1 atom stereocenters. The van der Waals surface area contributed by atoms with Gasteiger partial charge in [0.05, 0.1) is 12.2 Å². The highest BCUT2D eigenvalue weighted by atomic mass is 19.1. The molecule has 0 aromatic carbocycles. The summed E-state index contributed by atoms with van der Waals surface area (Å²) in [6.45, 7) is 4.10.